The Labute approximate surface area is 464 Å². The van der Waals surface area contributed by atoms with Crippen molar-refractivity contribution in [2.45, 2.75) is 210 Å². The van der Waals surface area contributed by atoms with Crippen molar-refractivity contribution < 1.29 is 67.9 Å². The number of piperazine rings is 1. The first kappa shape index (κ1) is 64.5. The third-order valence-electron chi connectivity index (χ3n) is 17.9. The van der Waals surface area contributed by atoms with E-state index in [1.807, 2.05) is 58.1 Å². The minimum atomic E-state index is -1.85. The van der Waals surface area contributed by atoms with Gasteiger partial charge in [0.2, 0.25) is 0 Å². The molecule has 20 nitrogen and oxygen atoms in total. The molecule has 21 heteroatoms. The summed E-state index contributed by atoms with van der Waals surface area (Å²) in [6.07, 6.45) is -7.48. The highest BCUT2D eigenvalue weighted by atomic mass is 19.1. The van der Waals surface area contributed by atoms with Crippen LogP contribution in [-0.2, 0) is 44.5 Å². The number of likely N-dealkylation sites (N-methyl/N-ethyl adjacent to an activating group) is 3. The van der Waals surface area contributed by atoms with Crippen molar-refractivity contribution in [3.05, 3.63) is 47.3 Å². The van der Waals surface area contributed by atoms with Crippen LogP contribution in [0.1, 0.15) is 119 Å². The zero-order valence-electron chi connectivity index (χ0n) is 49.5. The molecule has 4 saturated heterocycles. The summed E-state index contributed by atoms with van der Waals surface area (Å²) >= 11 is 0. The molecule has 6 rings (SSSR count). The minimum absolute atomic E-state index is 0.0917. The van der Waals surface area contributed by atoms with Crippen molar-refractivity contribution in [1.82, 2.24) is 35.6 Å². The molecule has 7 N–H and O–H groups in total. The second-order valence-electron chi connectivity index (χ2n) is 24.4. The van der Waals surface area contributed by atoms with Gasteiger partial charge in [0.15, 0.2) is 12.6 Å². The van der Waals surface area contributed by atoms with E-state index in [0.29, 0.717) is 25.9 Å². The molecule has 5 aliphatic heterocycles. The maximum Gasteiger partial charge on any atom is 0.311 e. The van der Waals surface area contributed by atoms with Crippen LogP contribution in [0.2, 0.25) is 0 Å². The van der Waals surface area contributed by atoms with Gasteiger partial charge in [0.25, 0.3) is 0 Å². The van der Waals surface area contributed by atoms with Crippen LogP contribution in [0.5, 0.6) is 0 Å². The normalized spacial score (nSPS) is 40.4. The number of carbonyl (C=O) groups excluding carboxylic acids is 1. The molecule has 4 fully saturated rings. The number of methoxy groups -OCH3 is 2. The van der Waals surface area contributed by atoms with Gasteiger partial charge in [0.1, 0.15) is 48.8 Å². The first-order valence-electron chi connectivity index (χ1n) is 28.5. The summed E-state index contributed by atoms with van der Waals surface area (Å²) in [5.74, 6) is -2.84. The van der Waals surface area contributed by atoms with Crippen LogP contribution in [0.3, 0.4) is 0 Å². The molecule has 0 spiro atoms. The predicted molar refractivity (Wildman–Crippen MR) is 293 cm³/mol. The lowest BCUT2D eigenvalue weighted by molar-refractivity contribution is -0.318. The summed E-state index contributed by atoms with van der Waals surface area (Å²) in [4.78, 5) is 23.3. The average molecular weight is 1110 g/mol. The van der Waals surface area contributed by atoms with Gasteiger partial charge in [-0.3, -0.25) is 14.7 Å². The minimum Gasteiger partial charge on any atom is -0.459 e. The van der Waals surface area contributed by atoms with Gasteiger partial charge in [-0.05, 0) is 106 Å². The number of ether oxygens (including phenoxy) is 7. The molecule has 448 valence electrons. The number of hydrogen-bond donors (Lipinski definition) is 7. The molecule has 0 bridgehead atoms. The number of aliphatic hydroxyl groups is 5. The lowest BCUT2D eigenvalue weighted by Crippen LogP contribution is -2.61. The summed E-state index contributed by atoms with van der Waals surface area (Å²) in [7, 11) is 9.01. The number of aliphatic hydroxyl groups excluding tert-OH is 3. The van der Waals surface area contributed by atoms with Crippen molar-refractivity contribution in [3.63, 3.8) is 0 Å². The molecule has 20 atom stereocenters. The number of rotatable bonds is 17. The number of nitrogens with one attached hydrogen (secondary N) is 2. The van der Waals surface area contributed by atoms with Crippen molar-refractivity contribution in [3.8, 4) is 0 Å². The van der Waals surface area contributed by atoms with Crippen molar-refractivity contribution in [2.75, 3.05) is 81.3 Å². The van der Waals surface area contributed by atoms with E-state index in [1.165, 1.54) is 19.6 Å². The number of nitrogens with zero attached hydrogens (tertiary/aromatic N) is 5. The predicted octanol–water partition coefficient (Wildman–Crippen LogP) is 3.30. The highest BCUT2D eigenvalue weighted by Gasteiger charge is 2.53. The average Bonchev–Trinajstić information content (AvgIpc) is 3.92. The van der Waals surface area contributed by atoms with Crippen LogP contribution < -0.4 is 11.0 Å². The van der Waals surface area contributed by atoms with Gasteiger partial charge in [0.05, 0.1) is 41.5 Å². The topological polar surface area (TPSA) is 223 Å². The van der Waals surface area contributed by atoms with E-state index in [2.05, 4.69) is 44.8 Å². The molecule has 0 aliphatic carbocycles. The number of esters is 1. The van der Waals surface area contributed by atoms with Crippen LogP contribution in [0.4, 0.5) is 4.39 Å². The van der Waals surface area contributed by atoms with Crippen LogP contribution >= 0.6 is 0 Å². The number of carbonyl (C=O) groups is 1. The Morgan fingerprint density at radius 1 is 0.923 bits per heavy atom. The summed E-state index contributed by atoms with van der Waals surface area (Å²) in [5, 5.41) is 61.7. The van der Waals surface area contributed by atoms with Gasteiger partial charge in [-0.1, -0.05) is 45.0 Å². The zero-order valence-corrected chi connectivity index (χ0v) is 49.5. The number of hydrazine groups is 2. The van der Waals surface area contributed by atoms with Gasteiger partial charge < -0.3 is 78.8 Å². The lowest BCUT2D eigenvalue weighted by Gasteiger charge is -2.49. The highest BCUT2D eigenvalue weighted by molar-refractivity contribution is 5.73. The zero-order chi connectivity index (χ0) is 57.6. The summed E-state index contributed by atoms with van der Waals surface area (Å²) in [6, 6.07) is 6.53. The van der Waals surface area contributed by atoms with E-state index in [4.69, 9.17) is 33.2 Å². The Hall–Kier alpha value is -2.68. The molecule has 78 heavy (non-hydrogen) atoms. The molecule has 0 aromatic heterocycles. The third-order valence-corrected chi connectivity index (χ3v) is 17.9. The van der Waals surface area contributed by atoms with Crippen molar-refractivity contribution in [1.29, 1.82) is 0 Å². The molecule has 5 aliphatic rings. The molecule has 0 unspecified atom stereocenters. The van der Waals surface area contributed by atoms with Crippen LogP contribution in [0.15, 0.2) is 36.2 Å². The molecule has 0 saturated carbocycles. The summed E-state index contributed by atoms with van der Waals surface area (Å²) in [6.45, 7) is 22.8. The smallest absolute Gasteiger partial charge is 0.311 e. The third kappa shape index (κ3) is 15.3. The second-order valence-corrected chi connectivity index (χ2v) is 24.4. The molecular weight excluding hydrogens is 1010 g/mol. The van der Waals surface area contributed by atoms with E-state index < -0.39 is 121 Å². The Morgan fingerprint density at radius 2 is 1.59 bits per heavy atom. The molecule has 0 radical (unpaired) electrons. The Bertz CT molecular complexity index is 2060. The van der Waals surface area contributed by atoms with E-state index in [1.54, 1.807) is 53.7 Å². The van der Waals surface area contributed by atoms with E-state index in [9.17, 15) is 30.3 Å². The number of halogens is 1. The van der Waals surface area contributed by atoms with Gasteiger partial charge in [-0.25, -0.2) is 4.39 Å². The molecular formula is C57H100FN7O13. The van der Waals surface area contributed by atoms with Gasteiger partial charge in [-0.2, -0.15) is 0 Å². The molecule has 1 aromatic rings. The van der Waals surface area contributed by atoms with E-state index in [0.717, 1.165) is 44.0 Å². The SMILES string of the molecule is CC[C@H]1OC(=O)[C@H](C)[C@@H](O[C@H]2C[C@@](C)(OC)[C@@H](O)[C@H](C)O2)[C@H](C)[C@@H](O[C@@H]2O[C@H](C)C[C@H](N(C)CCC3=CN([C@H](CF)[C@H](OC)c4ccc(CN5CCN(C)CC5)cc4)NN3)[C@H]2O)[C@](C)(O)C[C@@H](C)CN(C)[C@H](C)[C@@H](O)[C@]1(C)O. The Balaban J connectivity index is 1.22. The van der Waals surface area contributed by atoms with Gasteiger partial charge in [-0.15, -0.1) is 5.53 Å². The number of cyclic esters (lactones) is 1. The summed E-state index contributed by atoms with van der Waals surface area (Å²) < 4.78 is 59.4. The van der Waals surface area contributed by atoms with E-state index in [-0.39, 0.29) is 31.3 Å². The Morgan fingerprint density at radius 3 is 2.21 bits per heavy atom. The quantitative estimate of drug-likeness (QED) is 0.111. The van der Waals surface area contributed by atoms with Crippen molar-refractivity contribution >= 4 is 5.97 Å². The number of alkyl halides is 1. The van der Waals surface area contributed by atoms with Crippen LogP contribution in [0.25, 0.3) is 0 Å². The maximum absolute atomic E-state index is 15.0. The van der Waals surface area contributed by atoms with E-state index >= 15 is 4.39 Å². The van der Waals surface area contributed by atoms with Crippen LogP contribution in [0, 0.1) is 17.8 Å². The summed E-state index contributed by atoms with van der Waals surface area (Å²) in [5.41, 5.74) is 4.66. The number of benzene rings is 1. The first-order valence-corrected chi connectivity index (χ1v) is 28.5. The first-order chi connectivity index (χ1) is 36.7. The van der Waals surface area contributed by atoms with Gasteiger partial charge >= 0.3 is 5.97 Å². The number of hydrogen-bond acceptors (Lipinski definition) is 20. The largest absolute Gasteiger partial charge is 0.459 e. The fourth-order valence-corrected chi connectivity index (χ4v) is 12.7. The fraction of sp³-hybridized carbons (Fsp3) is 0.842. The van der Waals surface area contributed by atoms with Gasteiger partial charge in [0, 0.05) is 103 Å². The lowest BCUT2D eigenvalue weighted by atomic mass is 9.77. The highest BCUT2D eigenvalue weighted by Crippen LogP contribution is 2.41. The second kappa shape index (κ2) is 27.6. The van der Waals surface area contributed by atoms with Crippen LogP contribution in [-0.4, -0.2) is 234 Å². The molecule has 5 heterocycles. The standard InChI is InChI=1S/C57H100FN7O13/c1-16-45-57(10,71)50(67)38(6)63(13)31-34(2)28-55(8,70)52(36(4)48(37(5)53(69)76-45)77-46-29-56(9,73-15)51(68)39(7)75-46)78-54-47(66)43(27-35(3)74-54)62(12)22-21-42-33-65(60-59-42)44(30-58)49(72-14)41-19-17-40(18-20-41)32-64-25-23-61(11)24-26-64/h17-20,33-39,43-52,54,59-60,66-68,70-71H,16,21-32H2,1-15H3/t34-,35-,36+,37-,38-,39+,43+,44-,45-,46+,47-,48+,49-,50-,51+,52-,54+,55-,56-,57-/m1/s1. The molecule has 0 amide bonds. The van der Waals surface area contributed by atoms with Crippen molar-refractivity contribution in [2.24, 2.45) is 17.8 Å². The maximum atomic E-state index is 15.0. The molecule has 1 aromatic carbocycles. The monoisotopic (exact) mass is 1110 g/mol. The fourth-order valence-electron chi connectivity index (χ4n) is 12.7. The Kier molecular flexibility index (Phi) is 22.8.